The van der Waals surface area contributed by atoms with E-state index in [0.717, 1.165) is 4.57 Å². The molecule has 0 aromatic carbocycles. The van der Waals surface area contributed by atoms with E-state index < -0.39 is 11.2 Å². The average molecular weight is 291 g/mol. The third-order valence-electron chi connectivity index (χ3n) is 3.08. The fourth-order valence-electron chi connectivity index (χ4n) is 1.99. The second-order valence-corrected chi connectivity index (χ2v) is 4.57. The highest BCUT2D eigenvalue weighted by atomic mass is 16.5. The highest BCUT2D eigenvalue weighted by Gasteiger charge is 2.13. The van der Waals surface area contributed by atoms with Crippen LogP contribution >= 0.6 is 0 Å². The molecule has 3 aromatic rings. The lowest BCUT2D eigenvalue weighted by Crippen LogP contribution is -2.36. The quantitative estimate of drug-likeness (QED) is 0.651. The molecule has 0 aliphatic rings. The van der Waals surface area contributed by atoms with Gasteiger partial charge in [-0.3, -0.25) is 13.9 Å². The van der Waals surface area contributed by atoms with Gasteiger partial charge < -0.3 is 14.8 Å². The van der Waals surface area contributed by atoms with E-state index in [1.54, 1.807) is 14.0 Å². The number of nitrogens with one attached hydrogen (secondary N) is 2. The first-order chi connectivity index (χ1) is 9.97. The van der Waals surface area contributed by atoms with Crippen LogP contribution in [-0.4, -0.2) is 29.2 Å². The summed E-state index contributed by atoms with van der Waals surface area (Å²) in [6.07, 6.45) is 0. The third-order valence-corrected chi connectivity index (χ3v) is 3.08. The molecule has 0 bridgehead atoms. The van der Waals surface area contributed by atoms with Crippen molar-refractivity contribution in [2.75, 3.05) is 5.32 Å². The molecule has 2 N–H and O–H groups in total. The van der Waals surface area contributed by atoms with Crippen LogP contribution in [0.5, 0.6) is 0 Å². The average Bonchev–Trinajstić information content (AvgIpc) is 3.07. The molecular weight excluding hydrogens is 278 g/mol. The number of rotatable bonds is 3. The maximum atomic E-state index is 12.0. The Hall–Kier alpha value is -2.91. The molecule has 3 aromatic heterocycles. The molecule has 0 spiro atoms. The lowest BCUT2D eigenvalue weighted by molar-refractivity contribution is 0.388. The molecule has 0 radical (unpaired) electrons. The molecule has 0 unspecified atom stereocenters. The van der Waals surface area contributed by atoms with Crippen LogP contribution in [0.3, 0.4) is 0 Å². The molecule has 0 aliphatic carbocycles. The minimum atomic E-state index is -0.431. The number of hydrogen-bond donors (Lipinski definition) is 2. The van der Waals surface area contributed by atoms with Gasteiger partial charge in [0.05, 0.1) is 6.54 Å². The van der Waals surface area contributed by atoms with Crippen LogP contribution in [0.25, 0.3) is 11.2 Å². The molecule has 3 heterocycles. The van der Waals surface area contributed by atoms with Gasteiger partial charge >= 0.3 is 5.69 Å². The first-order valence-electron chi connectivity index (χ1n) is 6.16. The minimum Gasteiger partial charge on any atom is -0.348 e. The number of nitrogens with zero attached hydrogens (tertiary/aromatic N) is 5. The standard InChI is InChI=1S/C11H13N7O3/c1-5-13-6(16-21-5)4-12-10-14-7-8(15-10)17(2)11(20)18(3)9(7)19/h4H2,1-3H3,(H2,12,14,15). The van der Waals surface area contributed by atoms with E-state index in [1.165, 1.54) is 11.6 Å². The van der Waals surface area contributed by atoms with Crippen molar-refractivity contribution < 1.29 is 4.52 Å². The van der Waals surface area contributed by atoms with E-state index in [9.17, 15) is 9.59 Å². The Balaban J connectivity index is 1.98. The topological polar surface area (TPSA) is 124 Å². The normalized spacial score (nSPS) is 11.2. The second-order valence-electron chi connectivity index (χ2n) is 4.57. The van der Waals surface area contributed by atoms with Crippen molar-refractivity contribution in [1.82, 2.24) is 29.2 Å². The van der Waals surface area contributed by atoms with Gasteiger partial charge in [0.1, 0.15) is 0 Å². The van der Waals surface area contributed by atoms with Crippen molar-refractivity contribution in [2.45, 2.75) is 13.5 Å². The van der Waals surface area contributed by atoms with Gasteiger partial charge in [-0.2, -0.15) is 9.97 Å². The SMILES string of the molecule is Cc1nc(CNc2nc3c([nH]2)c(=O)n(C)c(=O)n3C)no1. The van der Waals surface area contributed by atoms with E-state index in [1.807, 2.05) is 0 Å². The molecule has 110 valence electrons. The molecule has 10 nitrogen and oxygen atoms in total. The molecule has 0 amide bonds. The van der Waals surface area contributed by atoms with Crippen LogP contribution in [0.4, 0.5) is 5.95 Å². The van der Waals surface area contributed by atoms with Gasteiger partial charge in [0.25, 0.3) is 5.56 Å². The van der Waals surface area contributed by atoms with E-state index in [0.29, 0.717) is 17.7 Å². The fraction of sp³-hybridized carbons (Fsp3) is 0.364. The summed E-state index contributed by atoms with van der Waals surface area (Å²) in [6.45, 7) is 1.97. The zero-order chi connectivity index (χ0) is 15.1. The van der Waals surface area contributed by atoms with Gasteiger partial charge in [0.2, 0.25) is 11.8 Å². The Morgan fingerprint density at radius 2 is 2.00 bits per heavy atom. The predicted molar refractivity (Wildman–Crippen MR) is 72.9 cm³/mol. The Bertz CT molecular complexity index is 930. The van der Waals surface area contributed by atoms with Crippen molar-refractivity contribution in [3.8, 4) is 0 Å². The van der Waals surface area contributed by atoms with E-state index in [-0.39, 0.29) is 17.7 Å². The molecule has 21 heavy (non-hydrogen) atoms. The van der Waals surface area contributed by atoms with Gasteiger partial charge in [0.15, 0.2) is 17.0 Å². The van der Waals surface area contributed by atoms with Gasteiger partial charge in [-0.1, -0.05) is 5.16 Å². The van der Waals surface area contributed by atoms with Crippen LogP contribution in [0.15, 0.2) is 14.1 Å². The third kappa shape index (κ3) is 2.10. The molecule has 0 atom stereocenters. The first-order valence-corrected chi connectivity index (χ1v) is 6.16. The molecule has 10 heteroatoms. The van der Waals surface area contributed by atoms with E-state index in [2.05, 4.69) is 25.4 Å². The number of fused-ring (bicyclic) bond motifs is 1. The maximum Gasteiger partial charge on any atom is 0.332 e. The zero-order valence-corrected chi connectivity index (χ0v) is 11.7. The first kappa shape index (κ1) is 13.1. The van der Waals surface area contributed by atoms with Crippen LogP contribution in [0.1, 0.15) is 11.7 Å². The number of anilines is 1. The van der Waals surface area contributed by atoms with Crippen molar-refractivity contribution in [2.24, 2.45) is 14.1 Å². The Labute approximate surface area is 117 Å². The second kappa shape index (κ2) is 4.58. The summed E-state index contributed by atoms with van der Waals surface area (Å²) >= 11 is 0. The minimum absolute atomic E-state index is 0.256. The van der Waals surface area contributed by atoms with Gasteiger partial charge in [-0.05, 0) is 0 Å². The number of imidazole rings is 1. The monoisotopic (exact) mass is 291 g/mol. The lowest BCUT2D eigenvalue weighted by atomic mass is 10.5. The highest BCUT2D eigenvalue weighted by molar-refractivity contribution is 5.72. The van der Waals surface area contributed by atoms with Crippen molar-refractivity contribution in [3.05, 3.63) is 32.6 Å². The van der Waals surface area contributed by atoms with Crippen molar-refractivity contribution in [3.63, 3.8) is 0 Å². The summed E-state index contributed by atoms with van der Waals surface area (Å²) in [6, 6.07) is 0. The predicted octanol–water partition coefficient (Wildman–Crippen LogP) is -0.736. The van der Waals surface area contributed by atoms with Gasteiger partial charge in [0, 0.05) is 21.0 Å². The smallest absolute Gasteiger partial charge is 0.332 e. The summed E-state index contributed by atoms with van der Waals surface area (Å²) in [5.41, 5.74) is -0.315. The molecule has 0 saturated heterocycles. The fourth-order valence-corrected chi connectivity index (χ4v) is 1.99. The van der Waals surface area contributed by atoms with Crippen molar-refractivity contribution >= 4 is 17.1 Å². The zero-order valence-electron chi connectivity index (χ0n) is 11.7. The number of aromatic nitrogens is 6. The highest BCUT2D eigenvalue weighted by Crippen LogP contribution is 2.09. The molecule has 0 fully saturated rings. The molecule has 0 saturated carbocycles. The Morgan fingerprint density at radius 1 is 1.24 bits per heavy atom. The Morgan fingerprint density at radius 3 is 2.67 bits per heavy atom. The maximum absolute atomic E-state index is 12.0. The summed E-state index contributed by atoms with van der Waals surface area (Å²) in [7, 11) is 2.97. The number of aryl methyl sites for hydroxylation is 2. The molecule has 0 aliphatic heterocycles. The van der Waals surface area contributed by atoms with Crippen LogP contribution in [-0.2, 0) is 20.6 Å². The summed E-state index contributed by atoms with van der Waals surface area (Å²) in [5, 5.41) is 6.68. The van der Waals surface area contributed by atoms with E-state index >= 15 is 0 Å². The molecular formula is C11H13N7O3. The van der Waals surface area contributed by atoms with Crippen LogP contribution in [0, 0.1) is 6.92 Å². The van der Waals surface area contributed by atoms with Gasteiger partial charge in [-0.15, -0.1) is 0 Å². The molecule has 3 rings (SSSR count). The van der Waals surface area contributed by atoms with Crippen LogP contribution < -0.4 is 16.6 Å². The van der Waals surface area contributed by atoms with Gasteiger partial charge in [-0.25, -0.2) is 4.79 Å². The summed E-state index contributed by atoms with van der Waals surface area (Å²) in [5.74, 6) is 1.29. The van der Waals surface area contributed by atoms with E-state index in [4.69, 9.17) is 4.52 Å². The van der Waals surface area contributed by atoms with Crippen molar-refractivity contribution in [1.29, 1.82) is 0 Å². The number of aromatic amines is 1. The Kier molecular flexibility index (Phi) is 2.85. The summed E-state index contributed by atoms with van der Waals surface area (Å²) in [4.78, 5) is 34.9. The summed E-state index contributed by atoms with van der Waals surface area (Å²) < 4.78 is 7.17. The number of H-pyrrole nitrogens is 1. The lowest BCUT2D eigenvalue weighted by Gasteiger charge is -2.00. The van der Waals surface area contributed by atoms with Crippen LogP contribution in [0.2, 0.25) is 0 Å². The largest absolute Gasteiger partial charge is 0.348 e. The number of hydrogen-bond acceptors (Lipinski definition) is 7.